The molecule has 0 aliphatic heterocycles. The van der Waals surface area contributed by atoms with Crippen molar-refractivity contribution in [2.75, 3.05) is 0 Å². The average molecular weight is 424 g/mol. The zero-order valence-electron chi connectivity index (χ0n) is 21.6. The summed E-state index contributed by atoms with van der Waals surface area (Å²) in [6.07, 6.45) is 3.69. The number of aromatic nitrogens is 2. The maximum absolute atomic E-state index is 7.64. The van der Waals surface area contributed by atoms with Crippen LogP contribution >= 0.6 is 0 Å². The second-order valence-corrected chi connectivity index (χ2v) is 9.61. The van der Waals surface area contributed by atoms with Gasteiger partial charge in [0, 0.05) is 32.3 Å². The Bertz CT molecular complexity index is 1510. The number of pyridine rings is 2. The molecule has 0 radical (unpaired) electrons. The molecule has 3 heteroatoms. The molecule has 0 bridgehead atoms. The summed E-state index contributed by atoms with van der Waals surface area (Å²) in [6.45, 7) is 4.48. The van der Waals surface area contributed by atoms with Crippen molar-refractivity contribution in [2.24, 2.45) is 5.41 Å². The van der Waals surface area contributed by atoms with E-state index < -0.39 is 6.85 Å². The number of fused-ring (bicyclic) bond motifs is 3. The normalized spacial score (nSPS) is 13.8. The van der Waals surface area contributed by atoms with E-state index in [4.69, 9.17) is 8.53 Å². The highest BCUT2D eigenvalue weighted by molar-refractivity contribution is 6.08. The molecular formula is C29H28N2O. The van der Waals surface area contributed by atoms with Crippen LogP contribution in [0.4, 0.5) is 0 Å². The van der Waals surface area contributed by atoms with Crippen LogP contribution in [0.15, 0.2) is 77.3 Å². The second kappa shape index (κ2) is 7.90. The molecular weight excluding hydrogens is 392 g/mol. The van der Waals surface area contributed by atoms with E-state index in [0.717, 1.165) is 40.4 Å². The van der Waals surface area contributed by atoms with Gasteiger partial charge in [-0.1, -0.05) is 57.2 Å². The lowest BCUT2D eigenvalue weighted by molar-refractivity contribution is 0.411. The summed E-state index contributed by atoms with van der Waals surface area (Å²) in [6, 6.07) is 22.2. The SMILES string of the molecule is [2H]C([2H])([2H])c1ccc2c(n1)oc1c(-c3cc(Cc4ccc(CC(C)(C)C)cc4)ccn3)cccc12. The molecule has 160 valence electrons. The summed E-state index contributed by atoms with van der Waals surface area (Å²) in [5, 5.41) is 1.69. The van der Waals surface area contributed by atoms with E-state index in [2.05, 4.69) is 61.1 Å². The van der Waals surface area contributed by atoms with E-state index in [1.165, 1.54) is 11.1 Å². The first kappa shape index (κ1) is 17.1. The Labute approximate surface area is 193 Å². The van der Waals surface area contributed by atoms with Crippen LogP contribution in [0, 0.1) is 12.3 Å². The fraction of sp³-hybridized carbons (Fsp3) is 0.241. The van der Waals surface area contributed by atoms with E-state index in [9.17, 15) is 0 Å². The predicted molar refractivity (Wildman–Crippen MR) is 132 cm³/mol. The first-order valence-corrected chi connectivity index (χ1v) is 10.9. The number of hydrogen-bond acceptors (Lipinski definition) is 3. The van der Waals surface area contributed by atoms with E-state index in [1.807, 2.05) is 30.5 Å². The molecule has 0 aliphatic rings. The standard InChI is InChI=1S/C29H28N2O/c1-19-8-13-24-23-6-5-7-25(27(23)32-28(24)31-19)26-17-22(14-15-30-26)16-20-9-11-21(12-10-20)18-29(2,3)4/h5-15,17H,16,18H2,1-4H3/i1D3. The maximum Gasteiger partial charge on any atom is 0.227 e. The van der Waals surface area contributed by atoms with Crippen molar-refractivity contribution in [2.45, 2.75) is 40.5 Å². The first-order valence-electron chi connectivity index (χ1n) is 12.4. The Morgan fingerprint density at radius 3 is 2.47 bits per heavy atom. The van der Waals surface area contributed by atoms with Crippen molar-refractivity contribution < 1.29 is 8.53 Å². The molecule has 3 heterocycles. The van der Waals surface area contributed by atoms with E-state index >= 15 is 0 Å². The molecule has 0 saturated carbocycles. The van der Waals surface area contributed by atoms with Gasteiger partial charge in [0.05, 0.1) is 5.69 Å². The molecule has 3 nitrogen and oxygen atoms in total. The van der Waals surface area contributed by atoms with Gasteiger partial charge in [0.25, 0.3) is 0 Å². The Kier molecular flexibility index (Phi) is 4.23. The third kappa shape index (κ3) is 4.16. The van der Waals surface area contributed by atoms with Crippen LogP contribution < -0.4 is 0 Å². The van der Waals surface area contributed by atoms with Gasteiger partial charge in [-0.15, -0.1) is 0 Å². The highest BCUT2D eigenvalue weighted by Crippen LogP contribution is 2.34. The Hall–Kier alpha value is -3.46. The zero-order valence-corrected chi connectivity index (χ0v) is 18.6. The lowest BCUT2D eigenvalue weighted by atomic mass is 9.88. The minimum absolute atomic E-state index is 0.0271. The molecule has 0 atom stereocenters. The van der Waals surface area contributed by atoms with Crippen molar-refractivity contribution in [1.82, 2.24) is 9.97 Å². The quantitative estimate of drug-likeness (QED) is 0.300. The van der Waals surface area contributed by atoms with Crippen molar-refractivity contribution >= 4 is 22.1 Å². The zero-order chi connectivity index (χ0) is 24.8. The lowest BCUT2D eigenvalue weighted by Gasteiger charge is -2.18. The van der Waals surface area contributed by atoms with Gasteiger partial charge >= 0.3 is 0 Å². The summed E-state index contributed by atoms with van der Waals surface area (Å²) in [5.41, 5.74) is 6.72. The van der Waals surface area contributed by atoms with E-state index in [1.54, 1.807) is 12.1 Å². The molecule has 0 unspecified atom stereocenters. The number of benzene rings is 2. The van der Waals surface area contributed by atoms with Crippen molar-refractivity contribution in [3.8, 4) is 11.3 Å². The molecule has 0 amide bonds. The summed E-state index contributed by atoms with van der Waals surface area (Å²) < 4.78 is 29.0. The van der Waals surface area contributed by atoms with Crippen LogP contribution in [0.2, 0.25) is 0 Å². The lowest BCUT2D eigenvalue weighted by Crippen LogP contribution is -2.08. The number of rotatable bonds is 4. The fourth-order valence-corrected chi connectivity index (χ4v) is 4.24. The highest BCUT2D eigenvalue weighted by Gasteiger charge is 2.14. The van der Waals surface area contributed by atoms with Gasteiger partial charge in [-0.05, 0) is 72.1 Å². The highest BCUT2D eigenvalue weighted by atomic mass is 16.3. The fourth-order valence-electron chi connectivity index (χ4n) is 4.24. The number of hydrogen-bond donors (Lipinski definition) is 0. The summed E-state index contributed by atoms with van der Waals surface area (Å²) in [5.74, 6) is 0. The van der Waals surface area contributed by atoms with Gasteiger partial charge in [-0.3, -0.25) is 4.98 Å². The first-order chi connectivity index (χ1) is 16.6. The minimum Gasteiger partial charge on any atom is -0.437 e. The van der Waals surface area contributed by atoms with Gasteiger partial charge in [0.2, 0.25) is 5.71 Å². The van der Waals surface area contributed by atoms with E-state index in [0.29, 0.717) is 11.3 Å². The van der Waals surface area contributed by atoms with Crippen LogP contribution in [0.5, 0.6) is 0 Å². The van der Waals surface area contributed by atoms with Crippen molar-refractivity contribution in [3.63, 3.8) is 0 Å². The number of nitrogens with zero attached hydrogens (tertiary/aromatic N) is 2. The monoisotopic (exact) mass is 423 g/mol. The molecule has 0 spiro atoms. The molecule has 5 rings (SSSR count). The molecule has 0 fully saturated rings. The van der Waals surface area contributed by atoms with Crippen molar-refractivity contribution in [3.05, 3.63) is 95.3 Å². The van der Waals surface area contributed by atoms with Crippen LogP contribution in [-0.4, -0.2) is 9.97 Å². The summed E-state index contributed by atoms with van der Waals surface area (Å²) >= 11 is 0. The molecule has 5 aromatic rings. The molecule has 0 N–H and O–H groups in total. The minimum atomic E-state index is -2.28. The van der Waals surface area contributed by atoms with Gasteiger partial charge in [0.15, 0.2) is 0 Å². The van der Waals surface area contributed by atoms with Gasteiger partial charge < -0.3 is 4.42 Å². The van der Waals surface area contributed by atoms with Gasteiger partial charge in [0.1, 0.15) is 5.58 Å². The smallest absolute Gasteiger partial charge is 0.227 e. The summed E-state index contributed by atoms with van der Waals surface area (Å²) in [4.78, 5) is 8.88. The van der Waals surface area contributed by atoms with Crippen LogP contribution in [0.1, 0.15) is 47.3 Å². The third-order valence-corrected chi connectivity index (χ3v) is 5.63. The Morgan fingerprint density at radius 1 is 0.875 bits per heavy atom. The number of para-hydroxylation sites is 1. The number of furan rings is 1. The Balaban J connectivity index is 1.48. The van der Waals surface area contributed by atoms with Gasteiger partial charge in [-0.2, -0.15) is 0 Å². The third-order valence-electron chi connectivity index (χ3n) is 5.63. The molecule has 2 aromatic carbocycles. The van der Waals surface area contributed by atoms with Gasteiger partial charge in [-0.25, -0.2) is 4.98 Å². The molecule has 0 aliphatic carbocycles. The van der Waals surface area contributed by atoms with Crippen molar-refractivity contribution in [1.29, 1.82) is 0 Å². The van der Waals surface area contributed by atoms with E-state index in [-0.39, 0.29) is 11.1 Å². The largest absolute Gasteiger partial charge is 0.437 e. The molecule has 0 saturated heterocycles. The average Bonchev–Trinajstić information content (AvgIpc) is 3.17. The van der Waals surface area contributed by atoms with Crippen LogP contribution in [0.25, 0.3) is 33.3 Å². The molecule has 32 heavy (non-hydrogen) atoms. The Morgan fingerprint density at radius 2 is 1.69 bits per heavy atom. The topological polar surface area (TPSA) is 38.9 Å². The molecule has 3 aromatic heterocycles. The maximum atomic E-state index is 7.64. The predicted octanol–water partition coefficient (Wildman–Crippen LogP) is 7.53. The van der Waals surface area contributed by atoms with Crippen LogP contribution in [0.3, 0.4) is 0 Å². The van der Waals surface area contributed by atoms with Crippen LogP contribution in [-0.2, 0) is 12.8 Å². The summed E-state index contributed by atoms with van der Waals surface area (Å²) in [7, 11) is 0. The second-order valence-electron chi connectivity index (χ2n) is 9.61. The number of aryl methyl sites for hydroxylation is 1.